The molecule has 2 aromatic carbocycles. The summed E-state index contributed by atoms with van der Waals surface area (Å²) < 4.78 is 33.8. The van der Waals surface area contributed by atoms with E-state index in [2.05, 4.69) is 5.32 Å². The number of nitrogens with one attached hydrogen (secondary N) is 1. The molecule has 0 fully saturated rings. The molecular weight excluding hydrogens is 606 g/mol. The summed E-state index contributed by atoms with van der Waals surface area (Å²) in [5.41, 5.74) is 7.10. The normalized spacial score (nSPS) is 18.5. The number of Topliss-reactive ketones (excluding diaryl/α,β-unsaturated/α-hetero) is 1. The van der Waals surface area contributed by atoms with Gasteiger partial charge in [0.1, 0.15) is 6.61 Å². The van der Waals surface area contributed by atoms with Gasteiger partial charge < -0.3 is 39.5 Å². The number of hydrogen-bond acceptors (Lipinski definition) is 12. The molecule has 2 aromatic rings. The second-order valence-electron chi connectivity index (χ2n) is 9.95. The summed E-state index contributed by atoms with van der Waals surface area (Å²) >= 11 is 1.31. The molecule has 1 atom stereocenters. The molecule has 0 aliphatic carbocycles. The molecule has 2 heterocycles. The Morgan fingerprint density at radius 2 is 1.64 bits per heavy atom. The fourth-order valence-electron chi connectivity index (χ4n) is 4.54. The number of nitro benzene ring substituents is 1. The predicted molar refractivity (Wildman–Crippen MR) is 170 cm³/mol. The Morgan fingerprint density at radius 3 is 2.24 bits per heavy atom. The van der Waals surface area contributed by atoms with Gasteiger partial charge in [0.05, 0.1) is 82.6 Å². The van der Waals surface area contributed by atoms with Crippen molar-refractivity contribution in [3.8, 4) is 22.6 Å². The molecule has 45 heavy (non-hydrogen) atoms. The molecule has 1 amide bonds. The lowest BCUT2D eigenvalue weighted by molar-refractivity contribution is -0.385. The van der Waals surface area contributed by atoms with Crippen molar-refractivity contribution < 1.29 is 42.9 Å². The monoisotopic (exact) mass is 649 g/mol. The first-order chi connectivity index (χ1) is 22.0. The number of methoxy groups -OCH3 is 1. The number of nitrogens with two attached hydrogens (primary N) is 1. The van der Waals surface area contributed by atoms with Crippen molar-refractivity contribution in [1.82, 2.24) is 5.32 Å². The van der Waals surface area contributed by atoms with Crippen molar-refractivity contribution in [2.75, 3.05) is 78.9 Å². The maximum atomic E-state index is 13.0. The van der Waals surface area contributed by atoms with Crippen molar-refractivity contribution in [2.24, 2.45) is 5.73 Å². The third-order valence-electron chi connectivity index (χ3n) is 6.75. The highest BCUT2D eigenvalue weighted by atomic mass is 32.2. The van der Waals surface area contributed by atoms with Crippen LogP contribution in [-0.4, -0.2) is 102 Å². The number of ether oxygens (including phenoxy) is 6. The van der Waals surface area contributed by atoms with Crippen molar-refractivity contribution in [1.29, 1.82) is 0 Å². The Kier molecular flexibility index (Phi) is 16.7. The van der Waals surface area contributed by atoms with E-state index in [0.29, 0.717) is 75.0 Å². The van der Waals surface area contributed by atoms with Crippen LogP contribution in [0.3, 0.4) is 0 Å². The van der Waals surface area contributed by atoms with Gasteiger partial charge in [-0.1, -0.05) is 30.3 Å². The summed E-state index contributed by atoms with van der Waals surface area (Å²) in [6, 6.07) is 9.76. The highest BCUT2D eigenvalue weighted by molar-refractivity contribution is 7.98. The number of nitrogens with zero attached hydrogens (tertiary/aromatic N) is 1. The number of fused-ring (bicyclic) bond motifs is 22. The van der Waals surface area contributed by atoms with Gasteiger partial charge in [-0.3, -0.25) is 19.7 Å². The van der Waals surface area contributed by atoms with Gasteiger partial charge in [0.25, 0.3) is 5.69 Å². The number of hydrogen-bond donors (Lipinski definition) is 2. The zero-order chi connectivity index (χ0) is 32.3. The number of ketones is 1. The molecule has 248 valence electrons. The summed E-state index contributed by atoms with van der Waals surface area (Å²) in [5, 5.41) is 15.2. The van der Waals surface area contributed by atoms with E-state index in [9.17, 15) is 19.7 Å². The van der Waals surface area contributed by atoms with Crippen LogP contribution in [0.1, 0.15) is 24.8 Å². The topological polar surface area (TPSA) is 171 Å². The number of benzene rings is 2. The molecular formula is C31H43N3O10S. The quantitative estimate of drug-likeness (QED) is 0.256. The molecule has 13 nitrogen and oxygen atoms in total. The minimum Gasteiger partial charge on any atom is -0.492 e. The van der Waals surface area contributed by atoms with Gasteiger partial charge in [-0.2, -0.15) is 11.8 Å². The number of carbonyl (C=O) groups excluding carboxylic acids is 2. The second kappa shape index (κ2) is 20.7. The lowest BCUT2D eigenvalue weighted by atomic mass is 9.97. The maximum absolute atomic E-state index is 13.0. The predicted octanol–water partition coefficient (Wildman–Crippen LogP) is 3.15. The average Bonchev–Trinajstić information content (AvgIpc) is 3.04. The van der Waals surface area contributed by atoms with E-state index in [4.69, 9.17) is 34.2 Å². The smallest absolute Gasteiger partial charge is 0.278 e. The van der Waals surface area contributed by atoms with Crippen LogP contribution >= 0.6 is 11.8 Å². The molecule has 3 N–H and O–H groups in total. The standard InChI is InChI=1S/C31H43N3O10S/c1-39-31-28-20-26(34(37)38)24(30(31)23-6-3-2-4-7-23)21-45-22-25(27(35)8-5-10-32)33-29(36)9-11-40-12-13-41-14-15-42-16-17-43-18-19-44-28/h2-4,6-7,20,25H,5,8-19,21-22,32H2,1H3,(H,33,36). The Labute approximate surface area is 267 Å². The summed E-state index contributed by atoms with van der Waals surface area (Å²) in [6.45, 7) is 3.02. The van der Waals surface area contributed by atoms with Crippen LogP contribution in [0.5, 0.6) is 11.5 Å². The molecule has 14 heteroatoms. The Morgan fingerprint density at radius 1 is 1.02 bits per heavy atom. The highest BCUT2D eigenvalue weighted by Crippen LogP contribution is 2.46. The van der Waals surface area contributed by atoms with E-state index in [0.717, 1.165) is 0 Å². The van der Waals surface area contributed by atoms with Crippen LogP contribution in [0, 0.1) is 10.1 Å². The van der Waals surface area contributed by atoms with Gasteiger partial charge in [0, 0.05) is 29.9 Å². The van der Waals surface area contributed by atoms with Crippen LogP contribution in [-0.2, 0) is 34.3 Å². The van der Waals surface area contributed by atoms with Crippen LogP contribution in [0.2, 0.25) is 0 Å². The summed E-state index contributed by atoms with van der Waals surface area (Å²) in [6.07, 6.45) is 0.757. The Hall–Kier alpha value is -3.27. The van der Waals surface area contributed by atoms with E-state index in [1.54, 1.807) is 0 Å². The van der Waals surface area contributed by atoms with E-state index < -0.39 is 11.0 Å². The lowest BCUT2D eigenvalue weighted by Crippen LogP contribution is -2.43. The van der Waals surface area contributed by atoms with Crippen molar-refractivity contribution in [3.05, 3.63) is 52.1 Å². The zero-order valence-electron chi connectivity index (χ0n) is 25.7. The second-order valence-corrected chi connectivity index (χ2v) is 11.0. The van der Waals surface area contributed by atoms with Crippen LogP contribution in [0.15, 0.2) is 36.4 Å². The average molecular weight is 650 g/mol. The SMILES string of the molecule is COc1c2cc([N+](=O)[O-])c(c1-c1ccccc1)CSCC(C(=O)CCCN)NC(=O)CCOCCOCCOCCOCCO2. The molecule has 2 aliphatic rings. The summed E-state index contributed by atoms with van der Waals surface area (Å²) in [4.78, 5) is 37.7. The molecule has 0 saturated heterocycles. The van der Waals surface area contributed by atoms with Crippen molar-refractivity contribution in [2.45, 2.75) is 31.1 Å². The van der Waals surface area contributed by atoms with Crippen molar-refractivity contribution in [3.63, 3.8) is 0 Å². The van der Waals surface area contributed by atoms with Gasteiger partial charge in [0.15, 0.2) is 17.3 Å². The van der Waals surface area contributed by atoms with Crippen LogP contribution in [0.4, 0.5) is 5.69 Å². The van der Waals surface area contributed by atoms with Gasteiger partial charge >= 0.3 is 0 Å². The molecule has 0 radical (unpaired) electrons. The van der Waals surface area contributed by atoms with E-state index in [1.807, 2.05) is 30.3 Å². The summed E-state index contributed by atoms with van der Waals surface area (Å²) in [5.74, 6) is 0.443. The van der Waals surface area contributed by atoms with Crippen molar-refractivity contribution >= 4 is 29.1 Å². The first kappa shape index (κ1) is 36.2. The third-order valence-corrected chi connectivity index (χ3v) is 7.81. The van der Waals surface area contributed by atoms with E-state index in [1.165, 1.54) is 24.9 Å². The van der Waals surface area contributed by atoms with Crippen LogP contribution in [0.25, 0.3) is 11.1 Å². The lowest BCUT2D eigenvalue weighted by Gasteiger charge is -2.20. The first-order valence-electron chi connectivity index (χ1n) is 14.9. The number of nitro groups is 1. The van der Waals surface area contributed by atoms with Crippen LogP contribution < -0.4 is 20.5 Å². The molecule has 0 aromatic heterocycles. The first-order valence-corrected chi connectivity index (χ1v) is 16.1. The fourth-order valence-corrected chi connectivity index (χ4v) is 5.66. The minimum absolute atomic E-state index is 0.0662. The van der Waals surface area contributed by atoms with E-state index in [-0.39, 0.29) is 67.3 Å². The molecule has 2 aliphatic heterocycles. The molecule has 2 bridgehead atoms. The van der Waals surface area contributed by atoms with E-state index >= 15 is 0 Å². The molecule has 1 unspecified atom stereocenters. The Bertz CT molecular complexity index is 1220. The minimum atomic E-state index is -0.796. The number of thioether (sulfide) groups is 1. The molecule has 0 spiro atoms. The summed E-state index contributed by atoms with van der Waals surface area (Å²) in [7, 11) is 1.48. The maximum Gasteiger partial charge on any atom is 0.278 e. The van der Waals surface area contributed by atoms with Gasteiger partial charge in [-0.05, 0) is 18.5 Å². The van der Waals surface area contributed by atoms with Gasteiger partial charge in [0.2, 0.25) is 5.91 Å². The third kappa shape index (κ3) is 12.2. The molecule has 0 saturated carbocycles. The largest absolute Gasteiger partial charge is 0.492 e. The zero-order valence-corrected chi connectivity index (χ0v) is 26.5. The van der Waals surface area contributed by atoms with Gasteiger partial charge in [-0.25, -0.2) is 0 Å². The highest BCUT2D eigenvalue weighted by Gasteiger charge is 2.28. The number of rotatable bonds is 7. The van der Waals surface area contributed by atoms with Gasteiger partial charge in [-0.15, -0.1) is 0 Å². The molecule has 4 rings (SSSR count). The Balaban J connectivity index is 1.92. The number of carbonyl (C=O) groups is 2. The fraction of sp³-hybridized carbons (Fsp3) is 0.548. The number of amides is 1.